The number of hydrogen-bond acceptors (Lipinski definition) is 4. The van der Waals surface area contributed by atoms with Gasteiger partial charge in [0.1, 0.15) is 5.75 Å². The second-order valence-corrected chi connectivity index (χ2v) is 6.23. The van der Waals surface area contributed by atoms with Gasteiger partial charge in [0, 0.05) is 25.1 Å². The summed E-state index contributed by atoms with van der Waals surface area (Å²) in [6.45, 7) is 1.30. The minimum Gasteiger partial charge on any atom is -0.508 e. The van der Waals surface area contributed by atoms with Gasteiger partial charge in [-0.05, 0) is 53.8 Å². The molecule has 3 rings (SSSR count). The third kappa shape index (κ3) is 3.35. The van der Waals surface area contributed by atoms with Gasteiger partial charge in [0.25, 0.3) is 5.91 Å². The summed E-state index contributed by atoms with van der Waals surface area (Å²) in [6, 6.07) is 10.6. The molecule has 0 saturated carbocycles. The van der Waals surface area contributed by atoms with Crippen molar-refractivity contribution in [1.29, 1.82) is 0 Å². The number of likely N-dealkylation sites (tertiary alicyclic amines) is 1. The summed E-state index contributed by atoms with van der Waals surface area (Å²) in [7, 11) is 1.40. The average molecular weight is 327 g/mol. The van der Waals surface area contributed by atoms with E-state index in [1.807, 2.05) is 23.1 Å². The molecule has 24 heavy (non-hydrogen) atoms. The normalized spacial score (nSPS) is 15.5. The van der Waals surface area contributed by atoms with Gasteiger partial charge in [-0.15, -0.1) is 0 Å². The molecule has 0 unspecified atom stereocenters. The second kappa shape index (κ2) is 6.91. The summed E-state index contributed by atoms with van der Waals surface area (Å²) < 4.78 is 4.71. The molecule has 1 heterocycles. The van der Waals surface area contributed by atoms with Crippen molar-refractivity contribution < 1.29 is 19.4 Å². The molecule has 5 nitrogen and oxygen atoms in total. The average Bonchev–Trinajstić information content (AvgIpc) is 2.61. The number of esters is 1. The maximum absolute atomic E-state index is 12.9. The number of phenols is 1. The lowest BCUT2D eigenvalue weighted by atomic mass is 9.93. The summed E-state index contributed by atoms with van der Waals surface area (Å²) in [5, 5.41) is 11.3. The van der Waals surface area contributed by atoms with E-state index in [1.54, 1.807) is 18.2 Å². The van der Waals surface area contributed by atoms with Gasteiger partial charge in [-0.3, -0.25) is 9.59 Å². The molecule has 1 amide bonds. The zero-order valence-electron chi connectivity index (χ0n) is 13.7. The molecule has 1 aliphatic heterocycles. The maximum atomic E-state index is 12.9. The molecule has 0 radical (unpaired) electrons. The number of aromatic hydroxyl groups is 1. The first-order chi connectivity index (χ1) is 11.6. The van der Waals surface area contributed by atoms with E-state index in [0.717, 1.165) is 23.6 Å². The van der Waals surface area contributed by atoms with Crippen LogP contribution in [0.3, 0.4) is 0 Å². The molecule has 0 atom stereocenters. The largest absolute Gasteiger partial charge is 0.508 e. The summed E-state index contributed by atoms with van der Waals surface area (Å²) in [5.74, 6) is 0.290. The van der Waals surface area contributed by atoms with Crippen LogP contribution in [0.2, 0.25) is 0 Å². The van der Waals surface area contributed by atoms with E-state index in [0.29, 0.717) is 25.1 Å². The quantitative estimate of drug-likeness (QED) is 0.880. The monoisotopic (exact) mass is 327 g/mol. The molecule has 2 aromatic carbocycles. The number of nitrogens with zero attached hydrogens (tertiary/aromatic N) is 1. The maximum Gasteiger partial charge on any atom is 0.305 e. The fourth-order valence-corrected chi connectivity index (χ4v) is 3.29. The number of piperidine rings is 1. The first-order valence-electron chi connectivity index (χ1n) is 8.16. The van der Waals surface area contributed by atoms with Gasteiger partial charge in [0.05, 0.1) is 7.11 Å². The standard InChI is InChI=1S/C19H21NO4/c1-24-18(22)11-13-7-9-20(10-8-13)19(23)17-4-2-3-14-12-15(21)5-6-16(14)17/h2-6,12-13,21H,7-11H2,1H3. The topological polar surface area (TPSA) is 66.8 Å². The number of carbonyl (C=O) groups excluding carboxylic acids is 2. The van der Waals surface area contributed by atoms with Crippen LogP contribution in [0.5, 0.6) is 5.75 Å². The van der Waals surface area contributed by atoms with Crippen LogP contribution in [-0.4, -0.2) is 42.1 Å². The Morgan fingerprint density at radius 2 is 1.96 bits per heavy atom. The highest BCUT2D eigenvalue weighted by Crippen LogP contribution is 2.26. The minimum absolute atomic E-state index is 0.00260. The van der Waals surface area contributed by atoms with E-state index in [1.165, 1.54) is 7.11 Å². The molecule has 2 aromatic rings. The van der Waals surface area contributed by atoms with Crippen LogP contribution in [-0.2, 0) is 9.53 Å². The van der Waals surface area contributed by atoms with Crippen molar-refractivity contribution >= 4 is 22.6 Å². The molecule has 0 aliphatic carbocycles. The van der Waals surface area contributed by atoms with E-state index in [-0.39, 0.29) is 23.5 Å². The Hall–Kier alpha value is -2.56. The number of phenolic OH excluding ortho intramolecular Hbond substituents is 1. The van der Waals surface area contributed by atoms with Crippen molar-refractivity contribution in [3.8, 4) is 5.75 Å². The fourth-order valence-electron chi connectivity index (χ4n) is 3.29. The Labute approximate surface area is 140 Å². The van der Waals surface area contributed by atoms with Gasteiger partial charge in [-0.1, -0.05) is 12.1 Å². The Morgan fingerprint density at radius 1 is 1.21 bits per heavy atom. The number of methoxy groups -OCH3 is 1. The van der Waals surface area contributed by atoms with Gasteiger partial charge in [-0.25, -0.2) is 0 Å². The van der Waals surface area contributed by atoms with Crippen LogP contribution in [0, 0.1) is 5.92 Å². The summed E-state index contributed by atoms with van der Waals surface area (Å²) in [4.78, 5) is 26.1. The van der Waals surface area contributed by atoms with Gasteiger partial charge < -0.3 is 14.7 Å². The lowest BCUT2D eigenvalue weighted by Gasteiger charge is -2.31. The predicted molar refractivity (Wildman–Crippen MR) is 90.9 cm³/mol. The van der Waals surface area contributed by atoms with Crippen molar-refractivity contribution in [3.05, 3.63) is 42.0 Å². The number of fused-ring (bicyclic) bond motifs is 1. The smallest absolute Gasteiger partial charge is 0.305 e. The number of carbonyl (C=O) groups is 2. The molecular formula is C19H21NO4. The lowest BCUT2D eigenvalue weighted by molar-refractivity contribution is -0.142. The van der Waals surface area contributed by atoms with Crippen LogP contribution in [0.15, 0.2) is 36.4 Å². The number of benzene rings is 2. The predicted octanol–water partition coefficient (Wildman–Crippen LogP) is 2.96. The van der Waals surface area contributed by atoms with Crippen LogP contribution in [0.4, 0.5) is 0 Å². The molecule has 1 aliphatic rings. The van der Waals surface area contributed by atoms with Crippen LogP contribution >= 0.6 is 0 Å². The highest BCUT2D eigenvalue weighted by molar-refractivity contribution is 6.07. The third-order valence-electron chi connectivity index (χ3n) is 4.68. The number of hydrogen-bond donors (Lipinski definition) is 1. The van der Waals surface area contributed by atoms with Gasteiger partial charge in [0.15, 0.2) is 0 Å². The van der Waals surface area contributed by atoms with Crippen molar-refractivity contribution in [3.63, 3.8) is 0 Å². The Morgan fingerprint density at radius 3 is 2.67 bits per heavy atom. The molecule has 5 heteroatoms. The van der Waals surface area contributed by atoms with E-state index in [4.69, 9.17) is 4.74 Å². The van der Waals surface area contributed by atoms with E-state index in [2.05, 4.69) is 0 Å². The number of amides is 1. The molecule has 0 aromatic heterocycles. The number of ether oxygens (including phenoxy) is 1. The Balaban J connectivity index is 1.73. The zero-order chi connectivity index (χ0) is 17.1. The molecule has 1 saturated heterocycles. The highest BCUT2D eigenvalue weighted by Gasteiger charge is 2.26. The first kappa shape index (κ1) is 16.3. The lowest BCUT2D eigenvalue weighted by Crippen LogP contribution is -2.39. The molecule has 0 spiro atoms. The van der Waals surface area contributed by atoms with Crippen LogP contribution < -0.4 is 0 Å². The second-order valence-electron chi connectivity index (χ2n) is 6.23. The van der Waals surface area contributed by atoms with Gasteiger partial charge >= 0.3 is 5.97 Å². The van der Waals surface area contributed by atoms with Crippen LogP contribution in [0.1, 0.15) is 29.6 Å². The molecular weight excluding hydrogens is 306 g/mol. The Bertz CT molecular complexity index is 763. The molecule has 126 valence electrons. The van der Waals surface area contributed by atoms with Crippen LogP contribution in [0.25, 0.3) is 10.8 Å². The van der Waals surface area contributed by atoms with Crippen molar-refractivity contribution in [2.75, 3.05) is 20.2 Å². The SMILES string of the molecule is COC(=O)CC1CCN(C(=O)c2cccc3cc(O)ccc23)CC1. The number of rotatable bonds is 3. The van der Waals surface area contributed by atoms with E-state index in [9.17, 15) is 14.7 Å². The van der Waals surface area contributed by atoms with Crippen molar-refractivity contribution in [1.82, 2.24) is 4.90 Å². The third-order valence-corrected chi connectivity index (χ3v) is 4.68. The van der Waals surface area contributed by atoms with Crippen molar-refractivity contribution in [2.24, 2.45) is 5.92 Å². The van der Waals surface area contributed by atoms with Gasteiger partial charge in [0.2, 0.25) is 0 Å². The summed E-state index contributed by atoms with van der Waals surface area (Å²) in [5.41, 5.74) is 0.652. The molecule has 1 N–H and O–H groups in total. The highest BCUT2D eigenvalue weighted by atomic mass is 16.5. The zero-order valence-corrected chi connectivity index (χ0v) is 13.7. The molecule has 0 bridgehead atoms. The molecule has 1 fully saturated rings. The summed E-state index contributed by atoms with van der Waals surface area (Å²) in [6.07, 6.45) is 2.05. The Kier molecular flexibility index (Phi) is 4.69. The van der Waals surface area contributed by atoms with Gasteiger partial charge in [-0.2, -0.15) is 0 Å². The van der Waals surface area contributed by atoms with E-state index >= 15 is 0 Å². The van der Waals surface area contributed by atoms with Crippen molar-refractivity contribution in [2.45, 2.75) is 19.3 Å². The first-order valence-corrected chi connectivity index (χ1v) is 8.16. The van der Waals surface area contributed by atoms with E-state index < -0.39 is 0 Å². The fraction of sp³-hybridized carbons (Fsp3) is 0.368. The minimum atomic E-state index is -0.186. The summed E-state index contributed by atoms with van der Waals surface area (Å²) >= 11 is 0.